The van der Waals surface area contributed by atoms with Crippen LogP contribution in [-0.4, -0.2) is 27.2 Å². The van der Waals surface area contributed by atoms with Gasteiger partial charge >= 0.3 is 0 Å². The van der Waals surface area contributed by atoms with Crippen molar-refractivity contribution in [1.82, 2.24) is 5.43 Å². The van der Waals surface area contributed by atoms with E-state index >= 15 is 0 Å². The van der Waals surface area contributed by atoms with Gasteiger partial charge in [0.1, 0.15) is 11.5 Å². The van der Waals surface area contributed by atoms with Gasteiger partial charge in [-0.25, -0.2) is 4.99 Å². The van der Waals surface area contributed by atoms with Gasteiger partial charge in [0.25, 0.3) is 5.69 Å². The van der Waals surface area contributed by atoms with Crippen LogP contribution < -0.4 is 5.43 Å². The molecule has 0 aromatic heterocycles. The zero-order valence-corrected chi connectivity index (χ0v) is 23.3. The molecule has 37 heavy (non-hydrogen) atoms. The van der Waals surface area contributed by atoms with Crippen LogP contribution in [0.4, 0.5) is 11.4 Å². The predicted molar refractivity (Wildman–Crippen MR) is 151 cm³/mol. The highest BCUT2D eigenvalue weighted by atomic mass is 79.9. The second kappa shape index (κ2) is 10.7. The summed E-state index contributed by atoms with van der Waals surface area (Å²) >= 11 is 3.14. The van der Waals surface area contributed by atoms with Crippen molar-refractivity contribution in [3.63, 3.8) is 0 Å². The fourth-order valence-electron chi connectivity index (χ4n) is 3.67. The molecule has 9 heteroatoms. The van der Waals surface area contributed by atoms with Crippen LogP contribution in [0, 0.1) is 10.1 Å². The molecule has 0 aliphatic rings. The minimum atomic E-state index is -0.546. The van der Waals surface area contributed by atoms with Crippen molar-refractivity contribution in [2.24, 2.45) is 10.1 Å². The summed E-state index contributed by atoms with van der Waals surface area (Å²) in [4.78, 5) is 15.4. The summed E-state index contributed by atoms with van der Waals surface area (Å²) < 4.78 is 0.185. The molecule has 8 nitrogen and oxygen atoms in total. The van der Waals surface area contributed by atoms with Gasteiger partial charge in [-0.2, -0.15) is 5.10 Å². The normalized spacial score (nSPS) is 12.7. The lowest BCUT2D eigenvalue weighted by Crippen LogP contribution is -2.23. The Morgan fingerprint density at radius 1 is 0.946 bits per heavy atom. The average Bonchev–Trinajstić information content (AvgIpc) is 2.80. The van der Waals surface area contributed by atoms with Crippen molar-refractivity contribution in [3.8, 4) is 11.5 Å². The Kier molecular flexibility index (Phi) is 8.07. The number of non-ortho nitro benzene ring substituents is 1. The molecule has 0 bridgehead atoms. The van der Waals surface area contributed by atoms with E-state index in [4.69, 9.17) is 4.99 Å². The number of nitro groups is 1. The molecule has 0 saturated heterocycles. The lowest BCUT2D eigenvalue weighted by atomic mass is 9.78. The number of aromatic hydroxyl groups is 2. The van der Waals surface area contributed by atoms with E-state index in [2.05, 4.69) is 26.5 Å². The first kappa shape index (κ1) is 27.9. The predicted octanol–water partition coefficient (Wildman–Crippen LogP) is 7.07. The number of phenolic OH excluding ortho intramolecular Hbond substituents is 2. The highest BCUT2D eigenvalue weighted by Gasteiger charge is 2.27. The molecule has 0 amide bonds. The van der Waals surface area contributed by atoms with E-state index in [-0.39, 0.29) is 38.1 Å². The molecule has 0 heterocycles. The van der Waals surface area contributed by atoms with Crippen LogP contribution >= 0.6 is 15.9 Å². The van der Waals surface area contributed by atoms with Crippen LogP contribution in [0.25, 0.3) is 0 Å². The average molecular weight is 567 g/mol. The van der Waals surface area contributed by atoms with E-state index in [1.165, 1.54) is 18.3 Å². The summed E-state index contributed by atoms with van der Waals surface area (Å²) in [5.41, 5.74) is 5.15. The van der Waals surface area contributed by atoms with E-state index < -0.39 is 4.92 Å². The first-order valence-electron chi connectivity index (χ1n) is 11.7. The van der Waals surface area contributed by atoms with Gasteiger partial charge in [-0.15, -0.1) is 0 Å². The van der Waals surface area contributed by atoms with Gasteiger partial charge < -0.3 is 10.2 Å². The van der Waals surface area contributed by atoms with Gasteiger partial charge in [0, 0.05) is 34.4 Å². The number of nitrogens with one attached hydrogen (secondary N) is 1. The molecule has 3 N–H and O–H groups in total. The van der Waals surface area contributed by atoms with Crippen LogP contribution in [0.2, 0.25) is 0 Å². The number of nitrogens with zero attached hydrogens (tertiary/aromatic N) is 3. The van der Waals surface area contributed by atoms with Crippen molar-refractivity contribution >= 4 is 39.4 Å². The van der Waals surface area contributed by atoms with Crippen molar-refractivity contribution in [3.05, 3.63) is 91.4 Å². The Labute approximate surface area is 225 Å². The smallest absolute Gasteiger partial charge is 0.271 e. The molecule has 0 atom stereocenters. The quantitative estimate of drug-likeness (QED) is 0.132. The van der Waals surface area contributed by atoms with Gasteiger partial charge in [0.05, 0.1) is 21.3 Å². The maximum Gasteiger partial charge on any atom is 0.271 e. The summed E-state index contributed by atoms with van der Waals surface area (Å²) in [6, 6.07) is 15.6. The summed E-state index contributed by atoms with van der Waals surface area (Å²) in [5, 5.41) is 37.0. The Morgan fingerprint density at radius 3 is 2.03 bits per heavy atom. The first-order chi connectivity index (χ1) is 17.2. The summed E-state index contributed by atoms with van der Waals surface area (Å²) in [5.74, 6) is 0.479. The maximum absolute atomic E-state index is 11.2. The maximum atomic E-state index is 11.2. The van der Waals surface area contributed by atoms with Gasteiger partial charge in [-0.05, 0) is 51.0 Å². The molecule has 194 valence electrons. The number of hydrogen-bond donors (Lipinski definition) is 3. The van der Waals surface area contributed by atoms with Crippen molar-refractivity contribution in [2.75, 3.05) is 0 Å². The standard InChI is InChI=1S/C28H31BrN4O4/c1-27(2,3)21-13-17(14-22(25(21)35)28(4,5)6)26(31-19-10-8-7-9-11-19)32-30-16-18-12-20(33(36)37)15-23(29)24(18)34/h7-16,34-35H,1-6H3,(H,31,32). The Morgan fingerprint density at radius 2 is 1.51 bits per heavy atom. The van der Waals surface area contributed by atoms with Crippen LogP contribution in [0.3, 0.4) is 0 Å². The summed E-state index contributed by atoms with van der Waals surface area (Å²) in [6.07, 6.45) is 1.29. The number of amidine groups is 1. The number of hydrazone groups is 1. The van der Waals surface area contributed by atoms with Gasteiger partial charge in [0.15, 0.2) is 5.84 Å². The lowest BCUT2D eigenvalue weighted by molar-refractivity contribution is -0.385. The Hall–Kier alpha value is -3.72. The number of nitro benzene ring substituents is 1. The number of para-hydroxylation sites is 1. The highest BCUT2D eigenvalue weighted by Crippen LogP contribution is 2.40. The molecule has 0 spiro atoms. The molecular weight excluding hydrogens is 536 g/mol. The lowest BCUT2D eigenvalue weighted by Gasteiger charge is -2.28. The molecule has 0 unspecified atom stereocenters. The zero-order valence-electron chi connectivity index (χ0n) is 21.7. The Bertz CT molecular complexity index is 1340. The van der Waals surface area contributed by atoms with Crippen LogP contribution in [0.5, 0.6) is 11.5 Å². The number of rotatable bonds is 5. The molecule has 3 aromatic rings. The number of aliphatic imine (C=N–C) groups is 1. The number of phenols is 2. The van der Waals surface area contributed by atoms with E-state index in [0.29, 0.717) is 17.1 Å². The van der Waals surface area contributed by atoms with Crippen LogP contribution in [0.1, 0.15) is 63.8 Å². The molecule has 3 aromatic carbocycles. The van der Waals surface area contributed by atoms with E-state index in [0.717, 1.165) is 11.1 Å². The molecule has 0 saturated carbocycles. The largest absolute Gasteiger partial charge is 0.507 e. The van der Waals surface area contributed by atoms with Crippen LogP contribution in [0.15, 0.2) is 69.2 Å². The topological polar surface area (TPSA) is 120 Å². The first-order valence-corrected chi connectivity index (χ1v) is 12.5. The van der Waals surface area contributed by atoms with E-state index in [1.807, 2.05) is 84.0 Å². The molecule has 0 aliphatic heterocycles. The molecule has 0 aliphatic carbocycles. The van der Waals surface area contributed by atoms with Gasteiger partial charge in [-0.1, -0.05) is 59.7 Å². The van der Waals surface area contributed by atoms with E-state index in [9.17, 15) is 20.3 Å². The number of benzene rings is 3. The Balaban J connectivity index is 2.15. The fraction of sp³-hybridized carbons (Fsp3) is 0.286. The molecule has 0 fully saturated rings. The van der Waals surface area contributed by atoms with E-state index in [1.54, 1.807) is 0 Å². The minimum Gasteiger partial charge on any atom is -0.507 e. The third-order valence-electron chi connectivity index (χ3n) is 5.66. The van der Waals surface area contributed by atoms with Crippen molar-refractivity contribution in [2.45, 2.75) is 52.4 Å². The second-order valence-electron chi connectivity index (χ2n) is 10.7. The summed E-state index contributed by atoms with van der Waals surface area (Å²) in [6.45, 7) is 12.2. The number of hydrogen-bond acceptors (Lipinski definition) is 6. The SMILES string of the molecule is CC(C)(C)c1cc(C(=Nc2ccccc2)NN=Cc2cc([N+](=O)[O-])cc(Br)c2O)cc(C(C)(C)C)c1O. The second-order valence-corrected chi connectivity index (χ2v) is 11.6. The molecule has 3 rings (SSSR count). The van der Waals surface area contributed by atoms with Gasteiger partial charge in [-0.3, -0.25) is 15.5 Å². The highest BCUT2D eigenvalue weighted by molar-refractivity contribution is 9.10. The fourth-order valence-corrected chi connectivity index (χ4v) is 4.14. The molecule has 0 radical (unpaired) electrons. The van der Waals surface area contributed by atoms with Crippen molar-refractivity contribution < 1.29 is 15.1 Å². The number of halogens is 1. The monoisotopic (exact) mass is 566 g/mol. The third kappa shape index (κ3) is 6.74. The zero-order chi connectivity index (χ0) is 27.5. The third-order valence-corrected chi connectivity index (χ3v) is 6.26. The van der Waals surface area contributed by atoms with Crippen molar-refractivity contribution in [1.29, 1.82) is 0 Å². The molecular formula is C28H31BrN4O4. The summed E-state index contributed by atoms with van der Waals surface area (Å²) in [7, 11) is 0. The minimum absolute atomic E-state index is 0.157. The van der Waals surface area contributed by atoms with Gasteiger partial charge in [0.2, 0.25) is 0 Å². The van der Waals surface area contributed by atoms with Crippen LogP contribution in [-0.2, 0) is 10.8 Å².